The second kappa shape index (κ2) is 11.3. The zero-order chi connectivity index (χ0) is 28.4. The second-order valence-corrected chi connectivity index (χ2v) is 10.4. The van der Waals surface area contributed by atoms with Crippen LogP contribution < -0.4 is 21.3 Å². The third kappa shape index (κ3) is 5.57. The predicted molar refractivity (Wildman–Crippen MR) is 151 cm³/mol. The van der Waals surface area contributed by atoms with E-state index in [1.165, 1.54) is 29.2 Å². The molecule has 5 rings (SSSR count). The van der Waals surface area contributed by atoms with Gasteiger partial charge in [-0.2, -0.15) is 0 Å². The molecule has 4 N–H and O–H groups in total. The molecule has 10 heteroatoms. The summed E-state index contributed by atoms with van der Waals surface area (Å²) in [7, 11) is 0. The number of carbonyl (C=O) groups excluding carboxylic acids is 3. The van der Waals surface area contributed by atoms with Gasteiger partial charge >= 0.3 is 0 Å². The van der Waals surface area contributed by atoms with Crippen molar-refractivity contribution in [3.8, 4) is 0 Å². The highest BCUT2D eigenvalue weighted by Crippen LogP contribution is 2.40. The minimum absolute atomic E-state index is 0.0189. The maximum absolute atomic E-state index is 14.0. The Morgan fingerprint density at radius 1 is 1.00 bits per heavy atom. The van der Waals surface area contributed by atoms with Crippen molar-refractivity contribution in [3.05, 3.63) is 99.1 Å². The Labute approximate surface area is 231 Å². The fraction of sp³-hybridized carbons (Fsp3) is 0.300. The van der Waals surface area contributed by atoms with Gasteiger partial charge in [0, 0.05) is 35.3 Å². The lowest BCUT2D eigenvalue weighted by atomic mass is 9.91. The highest BCUT2D eigenvalue weighted by atomic mass is 16.6. The lowest BCUT2D eigenvalue weighted by Gasteiger charge is -2.31. The van der Waals surface area contributed by atoms with Crippen LogP contribution in [-0.2, 0) is 4.79 Å². The van der Waals surface area contributed by atoms with Crippen molar-refractivity contribution in [3.63, 3.8) is 0 Å². The van der Waals surface area contributed by atoms with Gasteiger partial charge in [-0.05, 0) is 55.7 Å². The number of carbonyl (C=O) groups is 3. The van der Waals surface area contributed by atoms with Crippen LogP contribution in [0.3, 0.4) is 0 Å². The quantitative estimate of drug-likeness (QED) is 0.317. The van der Waals surface area contributed by atoms with E-state index >= 15 is 0 Å². The van der Waals surface area contributed by atoms with Crippen molar-refractivity contribution in [1.82, 2.24) is 5.32 Å². The van der Waals surface area contributed by atoms with E-state index in [0.29, 0.717) is 16.9 Å². The van der Waals surface area contributed by atoms with Gasteiger partial charge in [0.05, 0.1) is 28.8 Å². The molecular weight excluding hydrogens is 510 g/mol. The van der Waals surface area contributed by atoms with Gasteiger partial charge in [-0.1, -0.05) is 42.7 Å². The fourth-order valence-electron chi connectivity index (χ4n) is 5.39. The number of hydrogen-bond donors (Lipinski definition) is 3. The lowest BCUT2D eigenvalue weighted by Crippen LogP contribution is -2.49. The van der Waals surface area contributed by atoms with Gasteiger partial charge in [0.2, 0.25) is 5.91 Å². The summed E-state index contributed by atoms with van der Waals surface area (Å²) in [5.41, 5.74) is 9.20. The van der Waals surface area contributed by atoms with Crippen molar-refractivity contribution in [1.29, 1.82) is 0 Å². The summed E-state index contributed by atoms with van der Waals surface area (Å²) in [6.07, 6.45) is 3.68. The van der Waals surface area contributed by atoms with E-state index in [0.717, 1.165) is 36.8 Å². The molecule has 40 heavy (non-hydrogen) atoms. The Kier molecular flexibility index (Phi) is 7.61. The van der Waals surface area contributed by atoms with Crippen molar-refractivity contribution in [2.24, 2.45) is 5.73 Å². The molecule has 0 spiro atoms. The van der Waals surface area contributed by atoms with Crippen LogP contribution in [0.5, 0.6) is 0 Å². The van der Waals surface area contributed by atoms with Crippen LogP contribution in [0.2, 0.25) is 0 Å². The molecule has 10 nitrogen and oxygen atoms in total. The summed E-state index contributed by atoms with van der Waals surface area (Å²) in [5.74, 6) is -1.03. The summed E-state index contributed by atoms with van der Waals surface area (Å²) >= 11 is 0. The van der Waals surface area contributed by atoms with Crippen LogP contribution in [0.1, 0.15) is 70.0 Å². The van der Waals surface area contributed by atoms with Crippen LogP contribution in [0, 0.1) is 17.0 Å². The molecule has 3 unspecified atom stereocenters. The normalized spacial score (nSPS) is 20.6. The first-order valence-corrected chi connectivity index (χ1v) is 13.4. The van der Waals surface area contributed by atoms with Crippen LogP contribution in [-0.4, -0.2) is 34.7 Å². The number of fused-ring (bicyclic) bond motifs is 1. The van der Waals surface area contributed by atoms with Crippen molar-refractivity contribution >= 4 is 34.8 Å². The number of nitrogens with one attached hydrogen (secondary N) is 2. The molecule has 3 aromatic rings. The van der Waals surface area contributed by atoms with Gasteiger partial charge in [0.15, 0.2) is 0 Å². The molecule has 0 bridgehead atoms. The molecule has 1 aliphatic carbocycles. The molecule has 2 aliphatic rings. The summed E-state index contributed by atoms with van der Waals surface area (Å²) < 4.78 is 0. The highest BCUT2D eigenvalue weighted by Gasteiger charge is 2.35. The number of non-ortho nitro benzene ring substituents is 1. The molecule has 206 valence electrons. The molecule has 3 aromatic carbocycles. The fourth-order valence-corrected chi connectivity index (χ4v) is 5.39. The topological polar surface area (TPSA) is 148 Å². The molecule has 3 atom stereocenters. The molecule has 3 amide bonds. The van der Waals surface area contributed by atoms with Crippen LogP contribution >= 0.6 is 0 Å². The van der Waals surface area contributed by atoms with Gasteiger partial charge in [-0.25, -0.2) is 0 Å². The molecule has 0 aromatic heterocycles. The van der Waals surface area contributed by atoms with Crippen LogP contribution in [0.4, 0.5) is 17.1 Å². The van der Waals surface area contributed by atoms with Gasteiger partial charge in [0.1, 0.15) is 0 Å². The summed E-state index contributed by atoms with van der Waals surface area (Å²) in [4.78, 5) is 52.4. The average molecular weight is 542 g/mol. The first-order chi connectivity index (χ1) is 19.2. The lowest BCUT2D eigenvalue weighted by molar-refractivity contribution is -0.384. The van der Waals surface area contributed by atoms with E-state index in [1.807, 2.05) is 31.2 Å². The number of anilines is 2. The molecular formula is C30H31N5O5. The predicted octanol–water partition coefficient (Wildman–Crippen LogP) is 4.63. The summed E-state index contributed by atoms with van der Waals surface area (Å²) in [5, 5.41) is 17.0. The number of amides is 3. The first kappa shape index (κ1) is 27.0. The third-order valence-electron chi connectivity index (χ3n) is 7.62. The van der Waals surface area contributed by atoms with E-state index in [1.54, 1.807) is 18.2 Å². The van der Waals surface area contributed by atoms with E-state index in [9.17, 15) is 24.5 Å². The van der Waals surface area contributed by atoms with E-state index < -0.39 is 16.9 Å². The van der Waals surface area contributed by atoms with Gasteiger partial charge in [0.25, 0.3) is 17.5 Å². The molecule has 1 fully saturated rings. The van der Waals surface area contributed by atoms with E-state index in [4.69, 9.17) is 5.73 Å². The number of rotatable bonds is 5. The van der Waals surface area contributed by atoms with Gasteiger partial charge in [-0.15, -0.1) is 0 Å². The Morgan fingerprint density at radius 2 is 1.68 bits per heavy atom. The van der Waals surface area contributed by atoms with Gasteiger partial charge in [-0.3, -0.25) is 29.4 Å². The number of nitro groups is 1. The second-order valence-electron chi connectivity index (χ2n) is 10.4. The number of aryl methyl sites for hydroxylation is 1. The Morgan fingerprint density at radius 3 is 2.35 bits per heavy atom. The number of nitrogens with two attached hydrogens (primary N) is 1. The zero-order valence-corrected chi connectivity index (χ0v) is 22.1. The number of nitro benzene ring substituents is 1. The minimum atomic E-state index is -0.649. The van der Waals surface area contributed by atoms with E-state index in [-0.39, 0.29) is 41.6 Å². The van der Waals surface area contributed by atoms with Gasteiger partial charge < -0.3 is 16.4 Å². The highest BCUT2D eigenvalue weighted by molar-refractivity contribution is 6.12. The average Bonchev–Trinajstić information content (AvgIpc) is 3.09. The van der Waals surface area contributed by atoms with Crippen molar-refractivity contribution in [2.75, 3.05) is 10.2 Å². The Balaban J connectivity index is 1.54. The summed E-state index contributed by atoms with van der Waals surface area (Å²) in [6.45, 7) is 1.95. The van der Waals surface area contributed by atoms with Crippen molar-refractivity contribution < 1.29 is 19.3 Å². The zero-order valence-electron chi connectivity index (χ0n) is 22.1. The maximum atomic E-state index is 14.0. The molecule has 0 saturated heterocycles. The minimum Gasteiger partial charge on any atom is -0.348 e. The van der Waals surface area contributed by atoms with Crippen LogP contribution in [0.25, 0.3) is 0 Å². The van der Waals surface area contributed by atoms with E-state index in [2.05, 4.69) is 10.6 Å². The SMILES string of the molecule is Cc1ccc(C2CC(=O)Nc3cc(C(=O)NC4CCCCC4N)ccc3N2C(=O)c2ccc([N+](=O)[O-])cc2)cc1. The standard InChI is InChI=1S/C30H31N5O5/c1-18-6-8-19(9-7-18)27-17-28(36)32-25-16-21(29(37)33-24-5-3-2-4-23(24)31)12-15-26(25)34(27)30(38)20-10-13-22(14-11-20)35(39)40/h6-16,23-24,27H,2-5,17,31H2,1H3,(H,32,36)(H,33,37). The molecule has 1 heterocycles. The number of benzene rings is 3. The summed E-state index contributed by atoms with van der Waals surface area (Å²) in [6, 6.07) is 16.9. The number of nitrogens with zero attached hydrogens (tertiary/aromatic N) is 2. The Hall–Kier alpha value is -4.57. The monoisotopic (exact) mass is 541 g/mol. The smallest absolute Gasteiger partial charge is 0.269 e. The third-order valence-corrected chi connectivity index (χ3v) is 7.62. The molecule has 1 saturated carbocycles. The van der Waals surface area contributed by atoms with Crippen LogP contribution in [0.15, 0.2) is 66.7 Å². The molecule has 1 aliphatic heterocycles. The Bertz CT molecular complexity index is 1450. The number of hydrogen-bond acceptors (Lipinski definition) is 6. The largest absolute Gasteiger partial charge is 0.348 e. The molecule has 0 radical (unpaired) electrons. The van der Waals surface area contributed by atoms with Crippen molar-refractivity contribution in [2.45, 2.75) is 57.2 Å². The first-order valence-electron chi connectivity index (χ1n) is 13.4. The maximum Gasteiger partial charge on any atom is 0.269 e.